The number of benzene rings is 2. The number of nitro benzene ring substituents is 1. The summed E-state index contributed by atoms with van der Waals surface area (Å²) < 4.78 is 10.7. The number of fused-ring (bicyclic) bond motifs is 1. The van der Waals surface area contributed by atoms with E-state index in [1.807, 2.05) is 32.9 Å². The zero-order valence-corrected chi connectivity index (χ0v) is 14.5. The number of ether oxygens (including phenoxy) is 2. The first-order chi connectivity index (χ1) is 11.9. The van der Waals surface area contributed by atoms with Gasteiger partial charge in [-0.05, 0) is 50.1 Å². The Labute approximate surface area is 144 Å². The number of H-pyrrole nitrogens is 1. The van der Waals surface area contributed by atoms with Crippen LogP contribution in [0.25, 0.3) is 22.4 Å². The fourth-order valence-corrected chi connectivity index (χ4v) is 2.73. The van der Waals surface area contributed by atoms with Crippen LogP contribution in [0.4, 0.5) is 5.69 Å². The van der Waals surface area contributed by atoms with Gasteiger partial charge in [0, 0.05) is 11.6 Å². The molecule has 25 heavy (non-hydrogen) atoms. The number of hydrogen-bond acceptors (Lipinski definition) is 5. The minimum absolute atomic E-state index is 0.110. The van der Waals surface area contributed by atoms with Gasteiger partial charge in [0.05, 0.1) is 29.7 Å². The number of hydrogen-bond donors (Lipinski definition) is 1. The van der Waals surface area contributed by atoms with E-state index in [9.17, 15) is 10.1 Å². The summed E-state index contributed by atoms with van der Waals surface area (Å²) in [6.07, 6.45) is 0. The second-order valence-electron chi connectivity index (χ2n) is 5.76. The van der Waals surface area contributed by atoms with Gasteiger partial charge in [-0.1, -0.05) is 0 Å². The maximum atomic E-state index is 11.4. The van der Waals surface area contributed by atoms with Gasteiger partial charge in [0.2, 0.25) is 5.75 Å². The number of aryl methyl sites for hydroxylation is 2. The van der Waals surface area contributed by atoms with Crippen LogP contribution in [-0.2, 0) is 0 Å². The lowest BCUT2D eigenvalue weighted by atomic mass is 10.1. The molecule has 0 saturated heterocycles. The molecule has 0 aliphatic rings. The lowest BCUT2D eigenvalue weighted by Gasteiger charge is -2.11. The normalized spacial score (nSPS) is 10.9. The van der Waals surface area contributed by atoms with Gasteiger partial charge in [0.15, 0.2) is 5.75 Å². The molecule has 3 aromatic rings. The van der Waals surface area contributed by atoms with E-state index >= 15 is 0 Å². The molecule has 1 N–H and O–H groups in total. The Morgan fingerprint density at radius 3 is 2.56 bits per heavy atom. The molecule has 1 heterocycles. The predicted octanol–water partition coefficient (Wildman–Crippen LogP) is 4.16. The molecule has 0 bridgehead atoms. The first-order valence-electron chi connectivity index (χ1n) is 7.91. The molecule has 7 nitrogen and oxygen atoms in total. The smallest absolute Gasteiger partial charge is 0.315 e. The summed E-state index contributed by atoms with van der Waals surface area (Å²) in [7, 11) is 1.39. The average molecular weight is 341 g/mol. The molecular formula is C18H19N3O4. The summed E-state index contributed by atoms with van der Waals surface area (Å²) in [5, 5.41) is 11.4. The van der Waals surface area contributed by atoms with Crippen LogP contribution in [0.2, 0.25) is 0 Å². The minimum atomic E-state index is -0.484. The van der Waals surface area contributed by atoms with E-state index in [0.29, 0.717) is 23.7 Å². The number of imidazole rings is 1. The second kappa shape index (κ2) is 6.43. The van der Waals surface area contributed by atoms with Crippen molar-refractivity contribution in [3.05, 3.63) is 45.5 Å². The van der Waals surface area contributed by atoms with E-state index in [1.165, 1.54) is 13.2 Å². The van der Waals surface area contributed by atoms with Crippen LogP contribution < -0.4 is 9.47 Å². The lowest BCUT2D eigenvalue weighted by Crippen LogP contribution is -2.00. The first-order valence-corrected chi connectivity index (χ1v) is 7.91. The maximum Gasteiger partial charge on any atom is 0.315 e. The molecule has 0 spiro atoms. The van der Waals surface area contributed by atoms with Gasteiger partial charge in [0.1, 0.15) is 5.82 Å². The zero-order chi connectivity index (χ0) is 18.1. The van der Waals surface area contributed by atoms with E-state index in [2.05, 4.69) is 9.97 Å². The fraction of sp³-hybridized carbons (Fsp3) is 0.278. The SMILES string of the molecule is CCOc1cc(-c2nc3cc(C)c(C)cc3[nH]2)cc([N+](=O)[O-])c1OC. The Morgan fingerprint density at radius 1 is 1.20 bits per heavy atom. The number of nitro groups is 1. The largest absolute Gasteiger partial charge is 0.490 e. The summed E-state index contributed by atoms with van der Waals surface area (Å²) in [6.45, 7) is 6.23. The molecular weight excluding hydrogens is 322 g/mol. The molecule has 0 saturated carbocycles. The Balaban J connectivity index is 2.20. The number of rotatable bonds is 5. The van der Waals surface area contributed by atoms with Crippen LogP contribution in [0, 0.1) is 24.0 Å². The van der Waals surface area contributed by atoms with E-state index in [4.69, 9.17) is 9.47 Å². The predicted molar refractivity (Wildman–Crippen MR) is 95.4 cm³/mol. The summed E-state index contributed by atoms with van der Waals surface area (Å²) in [4.78, 5) is 18.7. The molecule has 0 radical (unpaired) electrons. The third kappa shape index (κ3) is 3.00. The van der Waals surface area contributed by atoms with Crippen molar-refractivity contribution in [1.82, 2.24) is 9.97 Å². The van der Waals surface area contributed by atoms with Crippen molar-refractivity contribution in [2.45, 2.75) is 20.8 Å². The Morgan fingerprint density at radius 2 is 1.92 bits per heavy atom. The topological polar surface area (TPSA) is 90.3 Å². The highest BCUT2D eigenvalue weighted by molar-refractivity contribution is 5.82. The van der Waals surface area contributed by atoms with Gasteiger partial charge in [-0.2, -0.15) is 0 Å². The summed E-state index contributed by atoms with van der Waals surface area (Å²) in [5.41, 5.74) is 4.41. The molecule has 0 unspecified atom stereocenters. The van der Waals surface area contributed by atoms with E-state index < -0.39 is 4.92 Å². The molecule has 0 amide bonds. The Kier molecular flexibility index (Phi) is 4.31. The second-order valence-corrected chi connectivity index (χ2v) is 5.76. The Hall–Kier alpha value is -3.09. The van der Waals surface area contributed by atoms with Gasteiger partial charge in [-0.3, -0.25) is 10.1 Å². The number of nitrogens with zero attached hydrogens (tertiary/aromatic N) is 2. The average Bonchev–Trinajstić information content (AvgIpc) is 2.97. The van der Waals surface area contributed by atoms with E-state index in [1.54, 1.807) is 6.07 Å². The highest BCUT2D eigenvalue weighted by Crippen LogP contribution is 2.40. The highest BCUT2D eigenvalue weighted by atomic mass is 16.6. The third-order valence-corrected chi connectivity index (χ3v) is 4.11. The molecule has 0 aliphatic heterocycles. The van der Waals surface area contributed by atoms with Crippen molar-refractivity contribution in [2.75, 3.05) is 13.7 Å². The minimum Gasteiger partial charge on any atom is -0.490 e. The molecule has 0 atom stereocenters. The third-order valence-electron chi connectivity index (χ3n) is 4.11. The standard InChI is InChI=1S/C18H19N3O4/c1-5-25-16-9-12(8-15(21(22)23)17(16)24-4)18-19-13-6-10(2)11(3)7-14(13)20-18/h6-9H,5H2,1-4H3,(H,19,20). The van der Waals surface area contributed by atoms with Crippen LogP contribution >= 0.6 is 0 Å². The Bertz CT molecular complexity index is 924. The van der Waals surface area contributed by atoms with Crippen molar-refractivity contribution in [3.63, 3.8) is 0 Å². The van der Waals surface area contributed by atoms with Gasteiger partial charge in [-0.25, -0.2) is 4.98 Å². The molecule has 0 fully saturated rings. The molecule has 130 valence electrons. The summed E-state index contributed by atoms with van der Waals surface area (Å²) >= 11 is 0. The van der Waals surface area contributed by atoms with Gasteiger partial charge in [0.25, 0.3) is 0 Å². The van der Waals surface area contributed by atoms with Gasteiger partial charge < -0.3 is 14.5 Å². The van der Waals surface area contributed by atoms with Crippen LogP contribution in [0.3, 0.4) is 0 Å². The number of aromatic amines is 1. The lowest BCUT2D eigenvalue weighted by molar-refractivity contribution is -0.385. The van der Waals surface area contributed by atoms with Crippen molar-refractivity contribution in [1.29, 1.82) is 0 Å². The van der Waals surface area contributed by atoms with Crippen LogP contribution in [-0.4, -0.2) is 28.6 Å². The molecule has 3 rings (SSSR count). The summed E-state index contributed by atoms with van der Waals surface area (Å²) in [5.74, 6) is 0.979. The highest BCUT2D eigenvalue weighted by Gasteiger charge is 2.23. The number of nitrogens with one attached hydrogen (secondary N) is 1. The van der Waals surface area contributed by atoms with Crippen molar-refractivity contribution in [2.24, 2.45) is 0 Å². The van der Waals surface area contributed by atoms with Crippen molar-refractivity contribution in [3.8, 4) is 22.9 Å². The fourth-order valence-electron chi connectivity index (χ4n) is 2.73. The maximum absolute atomic E-state index is 11.4. The van der Waals surface area contributed by atoms with Crippen LogP contribution in [0.5, 0.6) is 11.5 Å². The zero-order valence-electron chi connectivity index (χ0n) is 14.5. The van der Waals surface area contributed by atoms with Crippen LogP contribution in [0.15, 0.2) is 24.3 Å². The van der Waals surface area contributed by atoms with E-state index in [0.717, 1.165) is 22.2 Å². The molecule has 2 aromatic carbocycles. The monoisotopic (exact) mass is 341 g/mol. The first kappa shape index (κ1) is 16.8. The van der Waals surface area contributed by atoms with Gasteiger partial charge >= 0.3 is 5.69 Å². The number of methoxy groups -OCH3 is 1. The van der Waals surface area contributed by atoms with Crippen molar-refractivity contribution >= 4 is 16.7 Å². The number of aromatic nitrogens is 2. The van der Waals surface area contributed by atoms with E-state index in [-0.39, 0.29) is 11.4 Å². The molecule has 0 aliphatic carbocycles. The van der Waals surface area contributed by atoms with Crippen LogP contribution in [0.1, 0.15) is 18.1 Å². The molecule has 7 heteroatoms. The summed E-state index contributed by atoms with van der Waals surface area (Å²) in [6, 6.07) is 7.15. The molecule has 1 aromatic heterocycles. The van der Waals surface area contributed by atoms with Crippen molar-refractivity contribution < 1.29 is 14.4 Å². The van der Waals surface area contributed by atoms with Gasteiger partial charge in [-0.15, -0.1) is 0 Å². The quantitative estimate of drug-likeness (QED) is 0.556.